The molecule has 2 saturated heterocycles. The van der Waals surface area contributed by atoms with Crippen molar-refractivity contribution in [3.63, 3.8) is 0 Å². The fraction of sp³-hybridized carbons (Fsp3) is 0.875. The maximum absolute atomic E-state index is 12.8. The van der Waals surface area contributed by atoms with Gasteiger partial charge in [-0.25, -0.2) is 9.65 Å². The van der Waals surface area contributed by atoms with Crippen molar-refractivity contribution in [1.82, 2.24) is 5.09 Å². The molecule has 9 heteroatoms. The number of nitrogens with one attached hydrogen (secondary N) is 1. The third-order valence-electron chi connectivity index (χ3n) is 4.42. The molecule has 0 aromatic rings. The molecular formula is C16H28NO7P. The Balaban J connectivity index is 1.90. The number of methoxy groups -OCH3 is 1. The van der Waals surface area contributed by atoms with Crippen LogP contribution in [0.2, 0.25) is 0 Å². The molecule has 2 aliphatic heterocycles. The quantitative estimate of drug-likeness (QED) is 0.508. The minimum absolute atomic E-state index is 0.0119. The van der Waals surface area contributed by atoms with E-state index in [2.05, 4.69) is 9.82 Å². The lowest BCUT2D eigenvalue weighted by atomic mass is 9.84. The van der Waals surface area contributed by atoms with Gasteiger partial charge in [-0.3, -0.25) is 18.6 Å². The van der Waals surface area contributed by atoms with Crippen molar-refractivity contribution in [3.05, 3.63) is 0 Å². The van der Waals surface area contributed by atoms with Crippen LogP contribution in [0.4, 0.5) is 0 Å². The molecule has 0 bridgehead atoms. The summed E-state index contributed by atoms with van der Waals surface area (Å²) in [7, 11) is -2.24. The Morgan fingerprint density at radius 3 is 2.72 bits per heavy atom. The first-order valence-electron chi connectivity index (χ1n) is 8.65. The largest absolute Gasteiger partial charge is 0.469 e. The fourth-order valence-electron chi connectivity index (χ4n) is 2.88. The van der Waals surface area contributed by atoms with Crippen LogP contribution < -0.4 is 5.09 Å². The van der Waals surface area contributed by atoms with E-state index >= 15 is 0 Å². The first-order valence-corrected chi connectivity index (χ1v) is 10.2. The molecule has 0 aromatic carbocycles. The molecule has 2 heterocycles. The maximum Gasteiger partial charge on any atom is 0.406 e. The van der Waals surface area contributed by atoms with Gasteiger partial charge in [0.15, 0.2) is 5.78 Å². The number of carbonyl (C=O) groups excluding carboxylic acids is 2. The SMILES string of the molecule is COC(=O)CCCC(=O)[C@@H]1OP(=O)(NCC2CCCO2)OCC1(C)C. The normalized spacial score (nSPS) is 31.6. The molecule has 0 aliphatic carbocycles. The van der Waals surface area contributed by atoms with Crippen molar-refractivity contribution in [1.29, 1.82) is 0 Å². The first kappa shape index (κ1) is 20.5. The van der Waals surface area contributed by atoms with Gasteiger partial charge in [-0.15, -0.1) is 0 Å². The van der Waals surface area contributed by atoms with Crippen LogP contribution in [-0.2, 0) is 32.7 Å². The Morgan fingerprint density at radius 1 is 1.32 bits per heavy atom. The Labute approximate surface area is 148 Å². The topological polar surface area (TPSA) is 100 Å². The van der Waals surface area contributed by atoms with Gasteiger partial charge in [-0.05, 0) is 19.3 Å². The van der Waals surface area contributed by atoms with E-state index in [0.717, 1.165) is 12.8 Å². The zero-order valence-corrected chi connectivity index (χ0v) is 16.0. The molecule has 0 saturated carbocycles. The van der Waals surface area contributed by atoms with Gasteiger partial charge < -0.3 is 9.47 Å². The van der Waals surface area contributed by atoms with E-state index in [1.807, 2.05) is 13.8 Å². The second-order valence-electron chi connectivity index (χ2n) is 7.14. The Morgan fingerprint density at radius 2 is 2.08 bits per heavy atom. The van der Waals surface area contributed by atoms with Gasteiger partial charge >= 0.3 is 13.7 Å². The number of ketones is 1. The van der Waals surface area contributed by atoms with E-state index in [1.165, 1.54) is 7.11 Å². The van der Waals surface area contributed by atoms with Gasteiger partial charge in [0.25, 0.3) is 0 Å². The van der Waals surface area contributed by atoms with Crippen LogP contribution in [0.1, 0.15) is 46.0 Å². The summed E-state index contributed by atoms with van der Waals surface area (Å²) in [4.78, 5) is 23.7. The predicted molar refractivity (Wildman–Crippen MR) is 90.1 cm³/mol. The molecule has 0 spiro atoms. The van der Waals surface area contributed by atoms with Crippen LogP contribution in [-0.4, -0.2) is 50.8 Å². The minimum atomic E-state index is -3.56. The first-order chi connectivity index (χ1) is 11.8. The second kappa shape index (κ2) is 8.73. The lowest BCUT2D eigenvalue weighted by molar-refractivity contribution is -0.141. The molecule has 25 heavy (non-hydrogen) atoms. The Bertz CT molecular complexity index is 531. The average Bonchev–Trinajstić information content (AvgIpc) is 3.09. The summed E-state index contributed by atoms with van der Waals surface area (Å²) in [6, 6.07) is 0. The molecule has 8 nitrogen and oxygen atoms in total. The number of carbonyl (C=O) groups is 2. The van der Waals surface area contributed by atoms with Gasteiger partial charge in [0, 0.05) is 31.4 Å². The zero-order valence-electron chi connectivity index (χ0n) is 15.1. The number of esters is 1. The molecule has 2 aliphatic rings. The molecule has 1 N–H and O–H groups in total. The van der Waals surface area contributed by atoms with Crippen LogP contribution in [0.5, 0.6) is 0 Å². The third-order valence-corrected chi connectivity index (χ3v) is 5.95. The number of Topliss-reactive ketones (excluding diaryl/α,β-unsaturated/α-hetero) is 1. The van der Waals surface area contributed by atoms with Crippen LogP contribution in [0.25, 0.3) is 0 Å². The van der Waals surface area contributed by atoms with Crippen molar-refractivity contribution in [2.24, 2.45) is 5.41 Å². The molecule has 2 rings (SSSR count). The highest BCUT2D eigenvalue weighted by molar-refractivity contribution is 7.51. The van der Waals surface area contributed by atoms with Crippen molar-refractivity contribution in [2.75, 3.05) is 26.9 Å². The van der Waals surface area contributed by atoms with Gasteiger partial charge in [-0.2, -0.15) is 0 Å². The molecule has 2 fully saturated rings. The third kappa shape index (κ3) is 5.86. The zero-order chi connectivity index (χ0) is 18.5. The Hall–Kier alpha value is -0.790. The van der Waals surface area contributed by atoms with Crippen LogP contribution in [0, 0.1) is 5.41 Å². The standard InChI is InChI=1S/C16H28NO7P/c1-16(2)11-23-25(20,17-10-12-6-5-9-22-12)24-15(16)13(18)7-4-8-14(19)21-3/h12,15H,4-11H2,1-3H3,(H,17,20)/t12?,15-,25?/m0/s1. The summed E-state index contributed by atoms with van der Waals surface area (Å²) < 4.78 is 33.8. The highest BCUT2D eigenvalue weighted by atomic mass is 31.2. The molecule has 0 aromatic heterocycles. The van der Waals surface area contributed by atoms with Crippen molar-refractivity contribution in [3.8, 4) is 0 Å². The highest BCUT2D eigenvalue weighted by Gasteiger charge is 2.47. The molecule has 144 valence electrons. The summed E-state index contributed by atoms with van der Waals surface area (Å²) in [5.74, 6) is -0.541. The van der Waals surface area contributed by atoms with Gasteiger partial charge in [0.2, 0.25) is 0 Å². The fourth-order valence-corrected chi connectivity index (χ4v) is 4.71. The lowest BCUT2D eigenvalue weighted by Gasteiger charge is -2.40. The number of hydrogen-bond donors (Lipinski definition) is 1. The minimum Gasteiger partial charge on any atom is -0.469 e. The Kier molecular flexibility index (Phi) is 7.17. The maximum atomic E-state index is 12.8. The van der Waals surface area contributed by atoms with Crippen LogP contribution in [0.15, 0.2) is 0 Å². The highest BCUT2D eigenvalue weighted by Crippen LogP contribution is 2.53. The summed E-state index contributed by atoms with van der Waals surface area (Å²) in [6.45, 7) is 4.88. The predicted octanol–water partition coefficient (Wildman–Crippen LogP) is 2.22. The number of ether oxygens (including phenoxy) is 2. The van der Waals surface area contributed by atoms with E-state index in [9.17, 15) is 14.2 Å². The van der Waals surface area contributed by atoms with Crippen LogP contribution >= 0.6 is 7.75 Å². The smallest absolute Gasteiger partial charge is 0.406 e. The van der Waals surface area contributed by atoms with Gasteiger partial charge in [0.1, 0.15) is 6.10 Å². The van der Waals surface area contributed by atoms with E-state index in [-0.39, 0.29) is 37.3 Å². The average molecular weight is 377 g/mol. The van der Waals surface area contributed by atoms with Gasteiger partial charge in [0.05, 0.1) is 19.8 Å². The number of rotatable bonds is 8. The van der Waals surface area contributed by atoms with Crippen molar-refractivity contribution < 1.29 is 32.7 Å². The molecule has 2 unspecified atom stereocenters. The summed E-state index contributed by atoms with van der Waals surface area (Å²) in [5, 5.41) is 2.81. The lowest BCUT2D eigenvalue weighted by Crippen LogP contribution is -2.46. The molecule has 0 amide bonds. The van der Waals surface area contributed by atoms with E-state index in [1.54, 1.807) is 0 Å². The van der Waals surface area contributed by atoms with Crippen molar-refractivity contribution >= 4 is 19.5 Å². The molecule has 3 atom stereocenters. The van der Waals surface area contributed by atoms with E-state index in [4.69, 9.17) is 13.8 Å². The summed E-state index contributed by atoms with van der Waals surface area (Å²) in [5.41, 5.74) is -0.595. The summed E-state index contributed by atoms with van der Waals surface area (Å²) >= 11 is 0. The van der Waals surface area contributed by atoms with Crippen molar-refractivity contribution in [2.45, 2.75) is 58.2 Å². The van der Waals surface area contributed by atoms with E-state index < -0.39 is 19.3 Å². The molecular weight excluding hydrogens is 349 g/mol. The van der Waals surface area contributed by atoms with Crippen LogP contribution in [0.3, 0.4) is 0 Å². The number of hydrogen-bond acceptors (Lipinski definition) is 7. The summed E-state index contributed by atoms with van der Waals surface area (Å²) in [6.07, 6.45) is 1.72. The molecule has 0 radical (unpaired) electrons. The van der Waals surface area contributed by atoms with E-state index in [0.29, 0.717) is 19.6 Å². The van der Waals surface area contributed by atoms with Gasteiger partial charge in [-0.1, -0.05) is 13.8 Å². The monoisotopic (exact) mass is 377 g/mol. The second-order valence-corrected chi connectivity index (χ2v) is 8.92.